The van der Waals surface area contributed by atoms with Crippen molar-refractivity contribution in [1.29, 1.82) is 0 Å². The summed E-state index contributed by atoms with van der Waals surface area (Å²) in [6.07, 6.45) is 0. The lowest BCUT2D eigenvalue weighted by Crippen LogP contribution is -2.44. The smallest absolute Gasteiger partial charge is 0.169 e. The lowest BCUT2D eigenvalue weighted by atomic mass is 9.72. The van der Waals surface area contributed by atoms with Gasteiger partial charge in [0.15, 0.2) is 5.78 Å². The Morgan fingerprint density at radius 3 is 1.58 bits per heavy atom. The molecule has 0 aliphatic carbocycles. The number of ketones is 1. The lowest BCUT2D eigenvalue weighted by molar-refractivity contribution is -0.145. The lowest BCUT2D eigenvalue weighted by Gasteiger charge is -2.33. The molecule has 0 radical (unpaired) electrons. The van der Waals surface area contributed by atoms with Crippen molar-refractivity contribution in [3.63, 3.8) is 0 Å². The number of rotatable bonds is 3. The van der Waals surface area contributed by atoms with Crippen molar-refractivity contribution in [1.82, 2.24) is 0 Å². The number of hydrogen-bond donors (Lipinski definition) is 1. The zero-order chi connectivity index (χ0) is 10.2. The monoisotopic (exact) mass is 172 g/mol. The molecule has 2 heteroatoms. The number of carbonyl (C=O) groups is 1. The maximum Gasteiger partial charge on any atom is 0.169 e. The van der Waals surface area contributed by atoms with Crippen LogP contribution in [0.15, 0.2) is 0 Å². The zero-order valence-electron chi connectivity index (χ0n) is 8.93. The van der Waals surface area contributed by atoms with Crippen molar-refractivity contribution in [3.05, 3.63) is 0 Å². The summed E-state index contributed by atoms with van der Waals surface area (Å²) in [4.78, 5) is 11.7. The Morgan fingerprint density at radius 2 is 1.50 bits per heavy atom. The van der Waals surface area contributed by atoms with E-state index < -0.39 is 11.0 Å². The minimum absolute atomic E-state index is 0.0926. The van der Waals surface area contributed by atoms with Gasteiger partial charge < -0.3 is 5.11 Å². The van der Waals surface area contributed by atoms with Crippen molar-refractivity contribution in [2.24, 2.45) is 11.3 Å². The molecule has 0 saturated carbocycles. The van der Waals surface area contributed by atoms with Crippen molar-refractivity contribution in [3.8, 4) is 0 Å². The van der Waals surface area contributed by atoms with Crippen LogP contribution >= 0.6 is 0 Å². The number of Topliss-reactive ketones (excluding diaryl/α,β-unsaturated/α-hetero) is 1. The first kappa shape index (κ1) is 11.6. The third-order valence-electron chi connectivity index (χ3n) is 2.58. The van der Waals surface area contributed by atoms with Crippen LogP contribution in [0.1, 0.15) is 41.5 Å². The maximum atomic E-state index is 11.7. The molecule has 0 aromatic heterocycles. The highest BCUT2D eigenvalue weighted by molar-refractivity contribution is 5.91. The van der Waals surface area contributed by atoms with Crippen LogP contribution < -0.4 is 0 Å². The van der Waals surface area contributed by atoms with E-state index in [0.29, 0.717) is 0 Å². The molecule has 0 aromatic carbocycles. The Bertz CT molecular complexity index is 173. The molecule has 0 aliphatic heterocycles. The molecule has 0 spiro atoms. The van der Waals surface area contributed by atoms with Gasteiger partial charge in [-0.05, 0) is 19.8 Å². The van der Waals surface area contributed by atoms with Gasteiger partial charge in [0.05, 0.1) is 0 Å². The summed E-state index contributed by atoms with van der Waals surface area (Å²) in [5.41, 5.74) is -1.66. The van der Waals surface area contributed by atoms with E-state index in [2.05, 4.69) is 0 Å². The van der Waals surface area contributed by atoms with Crippen LogP contribution in [0.2, 0.25) is 0 Å². The van der Waals surface area contributed by atoms with Crippen LogP contribution in [0.4, 0.5) is 0 Å². The molecule has 0 fully saturated rings. The van der Waals surface area contributed by atoms with Gasteiger partial charge in [-0.25, -0.2) is 0 Å². The first-order valence-corrected chi connectivity index (χ1v) is 4.37. The van der Waals surface area contributed by atoms with Gasteiger partial charge in [-0.15, -0.1) is 0 Å². The van der Waals surface area contributed by atoms with Crippen LogP contribution in [0.5, 0.6) is 0 Å². The quantitative estimate of drug-likeness (QED) is 0.707. The molecular formula is C10H20O2. The summed E-state index contributed by atoms with van der Waals surface area (Å²) in [5.74, 6) is 0.154. The topological polar surface area (TPSA) is 37.3 Å². The largest absolute Gasteiger partial charge is 0.383 e. The van der Waals surface area contributed by atoms with E-state index in [1.807, 2.05) is 27.7 Å². The summed E-state index contributed by atoms with van der Waals surface area (Å²) in [5, 5.41) is 9.52. The van der Waals surface area contributed by atoms with Gasteiger partial charge in [0.25, 0.3) is 0 Å². The molecule has 0 heterocycles. The maximum absolute atomic E-state index is 11.7. The average Bonchev–Trinajstić information content (AvgIpc) is 1.83. The molecule has 72 valence electrons. The molecule has 1 N–H and O–H groups in total. The van der Waals surface area contributed by atoms with E-state index in [9.17, 15) is 9.90 Å². The van der Waals surface area contributed by atoms with Gasteiger partial charge in [0.2, 0.25) is 0 Å². The van der Waals surface area contributed by atoms with Gasteiger partial charge in [-0.3, -0.25) is 4.79 Å². The van der Waals surface area contributed by atoms with Gasteiger partial charge in [-0.2, -0.15) is 0 Å². The van der Waals surface area contributed by atoms with E-state index in [1.165, 1.54) is 0 Å². The Hall–Kier alpha value is -0.370. The third kappa shape index (κ3) is 2.31. The van der Waals surface area contributed by atoms with Crippen LogP contribution in [0, 0.1) is 11.3 Å². The second-order valence-corrected chi connectivity index (χ2v) is 4.76. The van der Waals surface area contributed by atoms with Crippen molar-refractivity contribution >= 4 is 5.78 Å². The van der Waals surface area contributed by atoms with Crippen LogP contribution in [-0.4, -0.2) is 16.5 Å². The second kappa shape index (κ2) is 3.17. The van der Waals surface area contributed by atoms with Gasteiger partial charge in [0.1, 0.15) is 5.60 Å². The Kier molecular flexibility index (Phi) is 3.07. The Morgan fingerprint density at radius 1 is 1.17 bits per heavy atom. The summed E-state index contributed by atoms with van der Waals surface area (Å²) < 4.78 is 0. The molecular weight excluding hydrogens is 152 g/mol. The highest BCUT2D eigenvalue weighted by Crippen LogP contribution is 2.31. The molecule has 0 amide bonds. The van der Waals surface area contributed by atoms with Gasteiger partial charge >= 0.3 is 0 Å². The third-order valence-corrected chi connectivity index (χ3v) is 2.58. The summed E-state index contributed by atoms with van der Waals surface area (Å²) in [6, 6.07) is 0. The molecule has 0 aliphatic rings. The standard InChI is InChI=1S/C10H20O2/c1-7(2)9(3,4)8(11)10(5,6)12/h7,12H,1-6H3. The molecule has 12 heavy (non-hydrogen) atoms. The van der Waals surface area contributed by atoms with Crippen LogP contribution in [0.25, 0.3) is 0 Å². The molecule has 0 rings (SSSR count). The molecule has 2 nitrogen and oxygen atoms in total. The molecule has 0 bridgehead atoms. The van der Waals surface area contributed by atoms with Crippen LogP contribution in [0.3, 0.4) is 0 Å². The summed E-state index contributed by atoms with van der Waals surface area (Å²) in [7, 11) is 0. The van der Waals surface area contributed by atoms with Crippen molar-refractivity contribution in [2.75, 3.05) is 0 Å². The highest BCUT2D eigenvalue weighted by Gasteiger charge is 2.39. The fourth-order valence-corrected chi connectivity index (χ4v) is 1.05. The van der Waals surface area contributed by atoms with E-state index in [-0.39, 0.29) is 11.7 Å². The van der Waals surface area contributed by atoms with E-state index in [0.717, 1.165) is 0 Å². The fourth-order valence-electron chi connectivity index (χ4n) is 1.05. The highest BCUT2D eigenvalue weighted by atomic mass is 16.3. The average molecular weight is 172 g/mol. The molecule has 0 aromatic rings. The van der Waals surface area contributed by atoms with Gasteiger partial charge in [0, 0.05) is 5.41 Å². The molecule has 0 unspecified atom stereocenters. The Balaban J connectivity index is 4.70. The SMILES string of the molecule is CC(C)C(C)(C)C(=O)C(C)(C)O. The molecule has 0 atom stereocenters. The van der Waals surface area contributed by atoms with Crippen molar-refractivity contribution in [2.45, 2.75) is 47.1 Å². The minimum Gasteiger partial charge on any atom is -0.383 e. The Labute approximate surface area is 75.0 Å². The summed E-state index contributed by atoms with van der Waals surface area (Å²) in [6.45, 7) is 10.8. The first-order chi connectivity index (χ1) is 5.10. The second-order valence-electron chi connectivity index (χ2n) is 4.76. The number of aliphatic hydroxyl groups is 1. The number of hydrogen-bond acceptors (Lipinski definition) is 2. The number of carbonyl (C=O) groups excluding carboxylic acids is 1. The normalized spacial score (nSPS) is 13.7. The van der Waals surface area contributed by atoms with Gasteiger partial charge in [-0.1, -0.05) is 27.7 Å². The summed E-state index contributed by atoms with van der Waals surface area (Å²) >= 11 is 0. The fraction of sp³-hybridized carbons (Fsp3) is 0.900. The first-order valence-electron chi connectivity index (χ1n) is 4.37. The van der Waals surface area contributed by atoms with E-state index >= 15 is 0 Å². The predicted octanol–water partition coefficient (Wildman–Crippen LogP) is 2.01. The van der Waals surface area contributed by atoms with E-state index in [4.69, 9.17) is 0 Å². The van der Waals surface area contributed by atoms with E-state index in [1.54, 1.807) is 13.8 Å². The minimum atomic E-state index is -1.21. The van der Waals surface area contributed by atoms with Crippen LogP contribution in [-0.2, 0) is 4.79 Å². The van der Waals surface area contributed by atoms with Crippen molar-refractivity contribution < 1.29 is 9.90 Å². The predicted molar refractivity (Wildman–Crippen MR) is 49.9 cm³/mol. The zero-order valence-corrected chi connectivity index (χ0v) is 8.93. The molecule has 0 saturated heterocycles.